The van der Waals surface area contributed by atoms with Crippen molar-refractivity contribution >= 4 is 29.0 Å². The molecule has 0 radical (unpaired) electrons. The minimum absolute atomic E-state index is 0.229. The smallest absolute Gasteiger partial charge is 0.293 e. The number of nitrogens with zero attached hydrogens (tertiary/aromatic N) is 1. The zero-order valence-electron chi connectivity index (χ0n) is 11.1. The number of carbonyl (C=O) groups is 1. The van der Waals surface area contributed by atoms with Gasteiger partial charge in [-0.3, -0.25) is 4.79 Å². The van der Waals surface area contributed by atoms with Crippen LogP contribution in [0, 0.1) is 0 Å². The van der Waals surface area contributed by atoms with Crippen molar-refractivity contribution in [1.82, 2.24) is 4.98 Å². The number of rotatable bonds is 4. The van der Waals surface area contributed by atoms with Crippen LogP contribution in [0.2, 0.25) is 5.02 Å². The molecule has 21 heavy (non-hydrogen) atoms. The summed E-state index contributed by atoms with van der Waals surface area (Å²) in [4.78, 5) is 15.1. The number of halogens is 1. The zero-order chi connectivity index (χ0) is 14.7. The number of ether oxygens (including phenoxy) is 1. The van der Waals surface area contributed by atoms with Crippen LogP contribution in [0.15, 0.2) is 54.6 Å². The van der Waals surface area contributed by atoms with E-state index in [2.05, 4.69) is 4.98 Å². The quantitative estimate of drug-likeness (QED) is 0.677. The highest BCUT2D eigenvalue weighted by Gasteiger charge is 2.07. The lowest BCUT2D eigenvalue weighted by atomic mass is 10.0. The van der Waals surface area contributed by atoms with Crippen molar-refractivity contribution in [3.8, 4) is 11.3 Å². The molecule has 3 aromatic rings. The first-order valence-corrected chi connectivity index (χ1v) is 6.85. The van der Waals surface area contributed by atoms with Gasteiger partial charge in [-0.05, 0) is 24.3 Å². The van der Waals surface area contributed by atoms with Crippen LogP contribution in [-0.2, 0) is 16.1 Å². The van der Waals surface area contributed by atoms with E-state index >= 15 is 0 Å². The Morgan fingerprint density at radius 3 is 2.62 bits per heavy atom. The summed E-state index contributed by atoms with van der Waals surface area (Å²) in [7, 11) is 0. The van der Waals surface area contributed by atoms with Crippen LogP contribution in [0.3, 0.4) is 0 Å². The monoisotopic (exact) mass is 297 g/mol. The van der Waals surface area contributed by atoms with E-state index < -0.39 is 0 Å². The van der Waals surface area contributed by atoms with Gasteiger partial charge in [0.25, 0.3) is 6.47 Å². The lowest BCUT2D eigenvalue weighted by molar-refractivity contribution is -0.129. The van der Waals surface area contributed by atoms with Gasteiger partial charge in [0, 0.05) is 21.5 Å². The van der Waals surface area contributed by atoms with E-state index in [1.54, 1.807) is 0 Å². The fourth-order valence-corrected chi connectivity index (χ4v) is 2.39. The minimum atomic E-state index is 0.229. The van der Waals surface area contributed by atoms with Crippen molar-refractivity contribution in [2.24, 2.45) is 0 Å². The molecule has 0 N–H and O–H groups in total. The van der Waals surface area contributed by atoms with Crippen molar-refractivity contribution in [3.05, 3.63) is 65.2 Å². The standard InChI is InChI=1S/C17H12ClNO2/c18-14-7-5-12(6-8-14)17-9-13(10-21-11-20)15-3-1-2-4-16(15)19-17/h1-9,11H,10H2. The summed E-state index contributed by atoms with van der Waals surface area (Å²) in [6, 6.07) is 17.2. The molecular weight excluding hydrogens is 286 g/mol. The highest BCUT2D eigenvalue weighted by Crippen LogP contribution is 2.26. The van der Waals surface area contributed by atoms with E-state index in [9.17, 15) is 4.79 Å². The molecule has 1 aromatic heterocycles. The van der Waals surface area contributed by atoms with Crippen molar-refractivity contribution in [2.45, 2.75) is 6.61 Å². The third kappa shape index (κ3) is 2.88. The summed E-state index contributed by atoms with van der Waals surface area (Å²) in [5, 5.41) is 1.67. The summed E-state index contributed by atoms with van der Waals surface area (Å²) >= 11 is 5.91. The van der Waals surface area contributed by atoms with E-state index in [4.69, 9.17) is 16.3 Å². The van der Waals surface area contributed by atoms with Crippen LogP contribution in [0.5, 0.6) is 0 Å². The van der Waals surface area contributed by atoms with Gasteiger partial charge in [0.1, 0.15) is 6.61 Å². The number of hydrogen-bond donors (Lipinski definition) is 0. The second kappa shape index (κ2) is 5.94. The fourth-order valence-electron chi connectivity index (χ4n) is 2.26. The Hall–Kier alpha value is -2.39. The van der Waals surface area contributed by atoms with Crippen molar-refractivity contribution in [2.75, 3.05) is 0 Å². The summed E-state index contributed by atoms with van der Waals surface area (Å²) in [6.45, 7) is 0.685. The predicted octanol–water partition coefficient (Wildman–Crippen LogP) is 4.23. The Morgan fingerprint density at radius 1 is 1.10 bits per heavy atom. The van der Waals surface area contributed by atoms with Gasteiger partial charge in [-0.1, -0.05) is 41.9 Å². The zero-order valence-corrected chi connectivity index (χ0v) is 11.9. The third-order valence-electron chi connectivity index (χ3n) is 3.25. The molecule has 0 spiro atoms. The highest BCUT2D eigenvalue weighted by atomic mass is 35.5. The number of benzene rings is 2. The van der Waals surface area contributed by atoms with Crippen molar-refractivity contribution < 1.29 is 9.53 Å². The van der Waals surface area contributed by atoms with Gasteiger partial charge >= 0.3 is 0 Å². The van der Waals surface area contributed by atoms with Crippen molar-refractivity contribution in [3.63, 3.8) is 0 Å². The molecule has 0 bridgehead atoms. The maximum atomic E-state index is 10.5. The lowest BCUT2D eigenvalue weighted by Gasteiger charge is -2.09. The van der Waals surface area contributed by atoms with Crippen LogP contribution in [0.4, 0.5) is 0 Å². The van der Waals surface area contributed by atoms with Crippen LogP contribution in [-0.4, -0.2) is 11.5 Å². The Labute approximate surface area is 127 Å². The molecule has 3 rings (SSSR count). The molecule has 2 aromatic carbocycles. The molecule has 0 aliphatic rings. The summed E-state index contributed by atoms with van der Waals surface area (Å²) < 4.78 is 4.91. The van der Waals surface area contributed by atoms with Gasteiger partial charge in [0.2, 0.25) is 0 Å². The molecule has 0 saturated carbocycles. The first kappa shape index (κ1) is 13.6. The fraction of sp³-hybridized carbons (Fsp3) is 0.0588. The largest absolute Gasteiger partial charge is 0.463 e. The van der Waals surface area contributed by atoms with Gasteiger partial charge in [-0.15, -0.1) is 0 Å². The molecule has 0 atom stereocenters. The number of carbonyl (C=O) groups excluding carboxylic acids is 1. The second-order valence-electron chi connectivity index (χ2n) is 4.60. The van der Waals surface area contributed by atoms with Crippen molar-refractivity contribution in [1.29, 1.82) is 0 Å². The number of para-hydroxylation sites is 1. The van der Waals surface area contributed by atoms with E-state index in [0.29, 0.717) is 11.5 Å². The molecule has 0 fully saturated rings. The molecule has 0 aliphatic heterocycles. The maximum Gasteiger partial charge on any atom is 0.293 e. The van der Waals surface area contributed by atoms with Crippen LogP contribution in [0.1, 0.15) is 5.56 Å². The Kier molecular flexibility index (Phi) is 3.84. The summed E-state index contributed by atoms with van der Waals surface area (Å²) in [5.41, 5.74) is 3.60. The average Bonchev–Trinajstić information content (AvgIpc) is 2.53. The first-order valence-electron chi connectivity index (χ1n) is 6.48. The van der Waals surface area contributed by atoms with Crippen LogP contribution < -0.4 is 0 Å². The molecule has 0 aliphatic carbocycles. The van der Waals surface area contributed by atoms with Gasteiger partial charge in [0.05, 0.1) is 11.2 Å². The number of aromatic nitrogens is 1. The number of hydrogen-bond acceptors (Lipinski definition) is 3. The molecule has 0 unspecified atom stereocenters. The molecule has 0 amide bonds. The molecule has 1 heterocycles. The average molecular weight is 298 g/mol. The van der Waals surface area contributed by atoms with Gasteiger partial charge in [-0.25, -0.2) is 4.98 Å². The molecule has 104 valence electrons. The number of pyridine rings is 1. The van der Waals surface area contributed by atoms with E-state index in [-0.39, 0.29) is 6.61 Å². The minimum Gasteiger partial charge on any atom is -0.463 e. The third-order valence-corrected chi connectivity index (χ3v) is 3.50. The Balaban J connectivity index is 2.14. The summed E-state index contributed by atoms with van der Waals surface area (Å²) in [5.74, 6) is 0. The lowest BCUT2D eigenvalue weighted by Crippen LogP contribution is -1.95. The Morgan fingerprint density at radius 2 is 1.86 bits per heavy atom. The molecule has 4 heteroatoms. The predicted molar refractivity (Wildman–Crippen MR) is 83.0 cm³/mol. The molecule has 0 saturated heterocycles. The van der Waals surface area contributed by atoms with Gasteiger partial charge < -0.3 is 4.74 Å². The van der Waals surface area contributed by atoms with Crippen LogP contribution >= 0.6 is 11.6 Å². The summed E-state index contributed by atoms with van der Waals surface area (Å²) in [6.07, 6.45) is 0. The topological polar surface area (TPSA) is 39.2 Å². The van der Waals surface area contributed by atoms with Gasteiger partial charge in [-0.2, -0.15) is 0 Å². The maximum absolute atomic E-state index is 10.5. The first-order chi connectivity index (χ1) is 10.3. The normalized spacial score (nSPS) is 10.5. The van der Waals surface area contributed by atoms with Gasteiger partial charge in [0.15, 0.2) is 0 Å². The van der Waals surface area contributed by atoms with E-state index in [1.807, 2.05) is 54.6 Å². The SMILES string of the molecule is O=COCc1cc(-c2ccc(Cl)cc2)nc2ccccc12. The molecule has 3 nitrogen and oxygen atoms in total. The Bertz CT molecular complexity index is 784. The number of fused-ring (bicyclic) bond motifs is 1. The highest BCUT2D eigenvalue weighted by molar-refractivity contribution is 6.30. The van der Waals surface area contributed by atoms with Crippen LogP contribution in [0.25, 0.3) is 22.2 Å². The molecular formula is C17H12ClNO2. The van der Waals surface area contributed by atoms with E-state index in [0.717, 1.165) is 27.7 Å². The van der Waals surface area contributed by atoms with E-state index in [1.165, 1.54) is 0 Å². The second-order valence-corrected chi connectivity index (χ2v) is 5.03.